The van der Waals surface area contributed by atoms with E-state index in [0.29, 0.717) is 22.6 Å². The Hall–Kier alpha value is -3.28. The van der Waals surface area contributed by atoms with Gasteiger partial charge in [-0.1, -0.05) is 24.3 Å². The third-order valence-corrected chi connectivity index (χ3v) is 5.72. The van der Waals surface area contributed by atoms with Crippen LogP contribution < -0.4 is 9.47 Å². The molecule has 0 aliphatic carbocycles. The average Bonchev–Trinajstić information content (AvgIpc) is 3.35. The van der Waals surface area contributed by atoms with E-state index in [2.05, 4.69) is 6.07 Å². The number of rotatable bonds is 7. The summed E-state index contributed by atoms with van der Waals surface area (Å²) in [6.07, 6.45) is 2.03. The maximum atomic E-state index is 13.4. The van der Waals surface area contributed by atoms with Gasteiger partial charge in [-0.3, -0.25) is 14.5 Å². The molecular formula is C25H28N2O4. The summed E-state index contributed by atoms with van der Waals surface area (Å²) in [4.78, 5) is 30.1. The molecule has 6 nitrogen and oxygen atoms in total. The van der Waals surface area contributed by atoms with Crippen LogP contribution >= 0.6 is 0 Å². The fourth-order valence-electron chi connectivity index (χ4n) is 4.37. The molecule has 0 unspecified atom stereocenters. The van der Waals surface area contributed by atoms with Gasteiger partial charge in [-0.2, -0.15) is 0 Å². The van der Waals surface area contributed by atoms with Crippen molar-refractivity contribution in [1.82, 2.24) is 9.80 Å². The van der Waals surface area contributed by atoms with E-state index in [1.807, 2.05) is 55.1 Å². The lowest BCUT2D eigenvalue weighted by Gasteiger charge is -2.20. The lowest BCUT2D eigenvalue weighted by Crippen LogP contribution is -2.37. The summed E-state index contributed by atoms with van der Waals surface area (Å²) in [6.45, 7) is 6.02. The second-order valence-corrected chi connectivity index (χ2v) is 8.05. The van der Waals surface area contributed by atoms with Gasteiger partial charge in [-0.25, -0.2) is 0 Å². The van der Waals surface area contributed by atoms with Crippen molar-refractivity contribution in [2.75, 3.05) is 33.4 Å². The van der Waals surface area contributed by atoms with E-state index in [-0.39, 0.29) is 25.0 Å². The molecule has 0 spiro atoms. The van der Waals surface area contributed by atoms with Crippen LogP contribution in [0.15, 0.2) is 48.2 Å². The molecule has 0 aromatic heterocycles. The highest BCUT2D eigenvalue weighted by atomic mass is 16.5. The van der Waals surface area contributed by atoms with Crippen LogP contribution in [0, 0.1) is 13.8 Å². The molecule has 2 aliphatic rings. The molecular weight excluding hydrogens is 392 g/mol. The number of carbonyl (C=O) groups is 2. The van der Waals surface area contributed by atoms with Crippen molar-refractivity contribution in [2.24, 2.45) is 0 Å². The van der Waals surface area contributed by atoms with Gasteiger partial charge < -0.3 is 14.4 Å². The number of amides is 2. The standard InChI is InChI=1S/C25H28N2O4/c1-17-14-18(2)16-19(15-17)31-13-12-27-24(28)22(20-8-4-5-9-21(20)30-3)23(25(27)29)26-10-6-7-11-26/h4-5,8-9,14-16H,6-7,10-13H2,1-3H3. The predicted molar refractivity (Wildman–Crippen MR) is 119 cm³/mol. The Bertz CT molecular complexity index is 1020. The Morgan fingerprint density at radius 3 is 2.29 bits per heavy atom. The van der Waals surface area contributed by atoms with E-state index in [0.717, 1.165) is 42.8 Å². The number of ether oxygens (including phenoxy) is 2. The molecule has 2 aromatic rings. The molecule has 1 saturated heterocycles. The van der Waals surface area contributed by atoms with Crippen LogP contribution in [0.5, 0.6) is 11.5 Å². The third kappa shape index (κ3) is 4.15. The Morgan fingerprint density at radius 1 is 0.935 bits per heavy atom. The van der Waals surface area contributed by atoms with Crippen LogP contribution in [0.2, 0.25) is 0 Å². The minimum absolute atomic E-state index is 0.195. The molecule has 31 heavy (non-hydrogen) atoms. The number of hydrogen-bond donors (Lipinski definition) is 0. The number of carbonyl (C=O) groups excluding carboxylic acids is 2. The highest BCUT2D eigenvalue weighted by molar-refractivity contribution is 6.36. The second kappa shape index (κ2) is 8.84. The van der Waals surface area contributed by atoms with Crippen LogP contribution in [-0.4, -0.2) is 55.0 Å². The number of nitrogens with zero attached hydrogens (tertiary/aromatic N) is 2. The summed E-state index contributed by atoms with van der Waals surface area (Å²) in [5.41, 5.74) is 3.79. The molecule has 1 fully saturated rings. The number of para-hydroxylation sites is 1. The normalized spacial score (nSPS) is 16.5. The predicted octanol–water partition coefficient (Wildman–Crippen LogP) is 3.57. The molecule has 0 saturated carbocycles. The van der Waals surface area contributed by atoms with Crippen molar-refractivity contribution in [3.63, 3.8) is 0 Å². The average molecular weight is 421 g/mol. The van der Waals surface area contributed by atoms with Gasteiger partial charge >= 0.3 is 0 Å². The summed E-state index contributed by atoms with van der Waals surface area (Å²) in [6, 6.07) is 13.3. The first-order valence-electron chi connectivity index (χ1n) is 10.7. The molecule has 0 atom stereocenters. The van der Waals surface area contributed by atoms with E-state index in [1.165, 1.54) is 4.90 Å². The van der Waals surface area contributed by atoms with Crippen LogP contribution in [0.3, 0.4) is 0 Å². The van der Waals surface area contributed by atoms with Crippen molar-refractivity contribution in [1.29, 1.82) is 0 Å². The van der Waals surface area contributed by atoms with Crippen LogP contribution in [0.1, 0.15) is 29.5 Å². The van der Waals surface area contributed by atoms with Crippen molar-refractivity contribution in [3.05, 3.63) is 64.9 Å². The van der Waals surface area contributed by atoms with Gasteiger partial charge in [0.15, 0.2) is 0 Å². The maximum Gasteiger partial charge on any atom is 0.277 e. The molecule has 2 heterocycles. The van der Waals surface area contributed by atoms with Gasteiger partial charge in [0.2, 0.25) is 0 Å². The van der Waals surface area contributed by atoms with Crippen molar-refractivity contribution in [3.8, 4) is 11.5 Å². The smallest absolute Gasteiger partial charge is 0.277 e. The number of methoxy groups -OCH3 is 1. The monoisotopic (exact) mass is 420 g/mol. The minimum Gasteiger partial charge on any atom is -0.496 e. The zero-order valence-corrected chi connectivity index (χ0v) is 18.3. The topological polar surface area (TPSA) is 59.1 Å². The Balaban J connectivity index is 1.59. The number of aryl methyl sites for hydroxylation is 2. The summed E-state index contributed by atoms with van der Waals surface area (Å²) >= 11 is 0. The Morgan fingerprint density at radius 2 is 1.61 bits per heavy atom. The van der Waals surface area contributed by atoms with Crippen molar-refractivity contribution >= 4 is 17.4 Å². The summed E-state index contributed by atoms with van der Waals surface area (Å²) in [7, 11) is 1.58. The van der Waals surface area contributed by atoms with Gasteiger partial charge in [0, 0.05) is 18.7 Å². The fraction of sp³-hybridized carbons (Fsp3) is 0.360. The molecule has 0 bridgehead atoms. The van der Waals surface area contributed by atoms with Gasteiger partial charge in [-0.05, 0) is 56.0 Å². The number of imide groups is 1. The highest BCUT2D eigenvalue weighted by Gasteiger charge is 2.42. The van der Waals surface area contributed by atoms with E-state index in [4.69, 9.17) is 9.47 Å². The second-order valence-electron chi connectivity index (χ2n) is 8.05. The minimum atomic E-state index is -0.291. The molecule has 2 amide bonds. The van der Waals surface area contributed by atoms with Crippen molar-refractivity contribution < 1.29 is 19.1 Å². The first-order chi connectivity index (χ1) is 15.0. The van der Waals surface area contributed by atoms with E-state index >= 15 is 0 Å². The lowest BCUT2D eigenvalue weighted by molar-refractivity contribution is -0.137. The molecule has 6 heteroatoms. The quantitative estimate of drug-likeness (QED) is 0.641. The Labute approximate surface area is 183 Å². The van der Waals surface area contributed by atoms with Crippen molar-refractivity contribution in [2.45, 2.75) is 26.7 Å². The maximum absolute atomic E-state index is 13.4. The van der Waals surface area contributed by atoms with Crippen LogP contribution in [-0.2, 0) is 9.59 Å². The molecule has 0 N–H and O–H groups in total. The third-order valence-electron chi connectivity index (χ3n) is 5.72. The summed E-state index contributed by atoms with van der Waals surface area (Å²) in [5, 5.41) is 0. The van der Waals surface area contributed by atoms with Gasteiger partial charge in [0.05, 0.1) is 19.2 Å². The fourth-order valence-corrected chi connectivity index (χ4v) is 4.37. The van der Waals surface area contributed by atoms with E-state index < -0.39 is 0 Å². The summed E-state index contributed by atoms with van der Waals surface area (Å²) in [5.74, 6) is 0.787. The molecule has 2 aromatic carbocycles. The summed E-state index contributed by atoms with van der Waals surface area (Å²) < 4.78 is 11.4. The van der Waals surface area contributed by atoms with Crippen LogP contribution in [0.4, 0.5) is 0 Å². The van der Waals surface area contributed by atoms with Gasteiger partial charge in [0.25, 0.3) is 11.8 Å². The molecule has 4 rings (SSSR count). The first kappa shape index (κ1) is 21.0. The molecule has 2 aliphatic heterocycles. The van der Waals surface area contributed by atoms with E-state index in [9.17, 15) is 9.59 Å². The zero-order chi connectivity index (χ0) is 22.0. The Kier molecular flexibility index (Phi) is 5.98. The molecule has 162 valence electrons. The van der Waals surface area contributed by atoms with Crippen LogP contribution in [0.25, 0.3) is 5.57 Å². The highest BCUT2D eigenvalue weighted by Crippen LogP contribution is 2.37. The van der Waals surface area contributed by atoms with E-state index in [1.54, 1.807) is 7.11 Å². The largest absolute Gasteiger partial charge is 0.496 e. The zero-order valence-electron chi connectivity index (χ0n) is 18.3. The number of hydrogen-bond acceptors (Lipinski definition) is 5. The number of benzene rings is 2. The SMILES string of the molecule is COc1ccccc1C1=C(N2CCCC2)C(=O)N(CCOc2cc(C)cc(C)c2)C1=O. The molecule has 0 radical (unpaired) electrons. The lowest BCUT2D eigenvalue weighted by atomic mass is 10.0. The first-order valence-corrected chi connectivity index (χ1v) is 10.7. The van der Waals surface area contributed by atoms with Gasteiger partial charge in [-0.15, -0.1) is 0 Å². The number of likely N-dealkylation sites (tertiary alicyclic amines) is 1. The van der Waals surface area contributed by atoms with Gasteiger partial charge in [0.1, 0.15) is 23.8 Å².